The van der Waals surface area contributed by atoms with Crippen LogP contribution >= 0.6 is 0 Å². The van der Waals surface area contributed by atoms with Crippen LogP contribution in [0.4, 0.5) is 16.3 Å². The van der Waals surface area contributed by atoms with Crippen LogP contribution in [0, 0.1) is 0 Å². The first-order valence-electron chi connectivity index (χ1n) is 11.9. The number of nitrogens with zero attached hydrogens (tertiary/aromatic N) is 6. The van der Waals surface area contributed by atoms with Crippen molar-refractivity contribution >= 4 is 28.6 Å². The van der Waals surface area contributed by atoms with Gasteiger partial charge in [-0.05, 0) is 51.0 Å². The number of amides is 1. The van der Waals surface area contributed by atoms with Crippen molar-refractivity contribution in [2.75, 3.05) is 36.0 Å². The lowest BCUT2D eigenvalue weighted by Crippen LogP contribution is -2.43. The number of fused-ring (bicyclic) bond motifs is 3. The molecule has 4 heterocycles. The Labute approximate surface area is 202 Å². The number of benzene rings is 1. The lowest BCUT2D eigenvalue weighted by atomic mass is 10.1. The molecule has 0 aliphatic carbocycles. The number of aliphatic hydroxyl groups excluding tert-OH is 2. The first-order valence-corrected chi connectivity index (χ1v) is 11.9. The van der Waals surface area contributed by atoms with Gasteiger partial charge < -0.3 is 25.0 Å². The van der Waals surface area contributed by atoms with Gasteiger partial charge in [0.25, 0.3) is 0 Å². The number of hydrogen-bond acceptors (Lipinski definition) is 8. The Morgan fingerprint density at radius 1 is 1.17 bits per heavy atom. The van der Waals surface area contributed by atoms with E-state index in [0.717, 1.165) is 53.2 Å². The van der Waals surface area contributed by atoms with E-state index < -0.39 is 18.8 Å². The SMILES string of the molecule is CC(C)n1ncc2c(N3CC4CCC(C3)O4)nc(-c3ccc(N(CC(O)CO)C(=O)O)cc3)nc21. The van der Waals surface area contributed by atoms with Gasteiger partial charge in [0.15, 0.2) is 11.5 Å². The summed E-state index contributed by atoms with van der Waals surface area (Å²) in [7, 11) is 0. The lowest BCUT2D eigenvalue weighted by Gasteiger charge is -2.33. The van der Waals surface area contributed by atoms with E-state index in [0.29, 0.717) is 11.5 Å². The number of aromatic nitrogens is 4. The molecule has 3 unspecified atom stereocenters. The van der Waals surface area contributed by atoms with Gasteiger partial charge in [-0.3, -0.25) is 4.90 Å². The zero-order valence-electron chi connectivity index (χ0n) is 19.8. The maximum absolute atomic E-state index is 11.7. The Hall–Kier alpha value is -3.28. The minimum atomic E-state index is -1.21. The molecule has 2 bridgehead atoms. The minimum absolute atomic E-state index is 0.119. The molecule has 0 radical (unpaired) electrons. The van der Waals surface area contributed by atoms with Gasteiger partial charge in [-0.15, -0.1) is 0 Å². The van der Waals surface area contributed by atoms with Gasteiger partial charge in [-0.2, -0.15) is 5.10 Å². The first-order chi connectivity index (χ1) is 16.8. The van der Waals surface area contributed by atoms with Crippen LogP contribution in [-0.4, -0.2) is 85.7 Å². The average molecular weight is 483 g/mol. The largest absolute Gasteiger partial charge is 0.465 e. The van der Waals surface area contributed by atoms with Gasteiger partial charge in [0.2, 0.25) is 0 Å². The average Bonchev–Trinajstić information content (AvgIpc) is 3.44. The fourth-order valence-electron chi connectivity index (χ4n) is 4.80. The summed E-state index contributed by atoms with van der Waals surface area (Å²) in [5.74, 6) is 1.36. The minimum Gasteiger partial charge on any atom is -0.465 e. The summed E-state index contributed by atoms with van der Waals surface area (Å²) in [4.78, 5) is 24.7. The molecule has 2 aromatic heterocycles. The molecule has 11 nitrogen and oxygen atoms in total. The third kappa shape index (κ3) is 4.54. The molecule has 2 aliphatic heterocycles. The number of ether oxygens (including phenoxy) is 1. The summed E-state index contributed by atoms with van der Waals surface area (Å²) in [6.07, 6.45) is 1.97. The van der Waals surface area contributed by atoms with Gasteiger partial charge in [0.1, 0.15) is 5.82 Å². The number of carbonyl (C=O) groups is 1. The highest BCUT2D eigenvalue weighted by molar-refractivity contribution is 5.89. The normalized spacial score (nSPS) is 20.5. The summed E-state index contributed by atoms with van der Waals surface area (Å²) >= 11 is 0. The highest BCUT2D eigenvalue weighted by Gasteiger charge is 2.35. The predicted octanol–water partition coefficient (Wildman–Crippen LogP) is 2.28. The molecule has 0 spiro atoms. The van der Waals surface area contributed by atoms with Crippen molar-refractivity contribution in [2.24, 2.45) is 0 Å². The van der Waals surface area contributed by atoms with E-state index >= 15 is 0 Å². The Balaban J connectivity index is 1.53. The molecular formula is C24H30N6O5. The quantitative estimate of drug-likeness (QED) is 0.463. The molecule has 3 aromatic rings. The topological polar surface area (TPSA) is 137 Å². The summed E-state index contributed by atoms with van der Waals surface area (Å²) < 4.78 is 7.90. The molecule has 5 rings (SSSR count). The van der Waals surface area contributed by atoms with Crippen molar-refractivity contribution < 1.29 is 24.9 Å². The zero-order valence-corrected chi connectivity index (χ0v) is 19.8. The van der Waals surface area contributed by atoms with Crippen molar-refractivity contribution in [3.8, 4) is 11.4 Å². The van der Waals surface area contributed by atoms with E-state index in [1.165, 1.54) is 0 Å². The Kier molecular flexibility index (Phi) is 6.30. The number of aliphatic hydroxyl groups is 2. The summed E-state index contributed by atoms with van der Waals surface area (Å²) in [5, 5.41) is 33.8. The molecular weight excluding hydrogens is 452 g/mol. The van der Waals surface area contributed by atoms with Gasteiger partial charge in [-0.1, -0.05) is 0 Å². The fraction of sp³-hybridized carbons (Fsp3) is 0.500. The van der Waals surface area contributed by atoms with Crippen LogP contribution in [-0.2, 0) is 4.74 Å². The van der Waals surface area contributed by atoms with E-state index in [4.69, 9.17) is 19.8 Å². The molecule has 1 aromatic carbocycles. The fourth-order valence-corrected chi connectivity index (χ4v) is 4.80. The predicted molar refractivity (Wildman–Crippen MR) is 130 cm³/mol. The third-order valence-corrected chi connectivity index (χ3v) is 6.54. The van der Waals surface area contributed by atoms with Crippen LogP contribution in [0.25, 0.3) is 22.4 Å². The van der Waals surface area contributed by atoms with Crippen LogP contribution in [0.1, 0.15) is 32.7 Å². The van der Waals surface area contributed by atoms with Crippen molar-refractivity contribution in [1.82, 2.24) is 19.7 Å². The molecule has 1 amide bonds. The number of anilines is 2. The van der Waals surface area contributed by atoms with Crippen LogP contribution in [0.5, 0.6) is 0 Å². The van der Waals surface area contributed by atoms with Gasteiger partial charge in [0, 0.05) is 30.4 Å². The summed E-state index contributed by atoms with van der Waals surface area (Å²) in [6, 6.07) is 6.94. The van der Waals surface area contributed by atoms with Crippen LogP contribution in [0.15, 0.2) is 30.5 Å². The number of hydrogen-bond donors (Lipinski definition) is 3. The van der Waals surface area contributed by atoms with Crippen LogP contribution < -0.4 is 9.80 Å². The van der Waals surface area contributed by atoms with E-state index in [2.05, 4.69) is 23.8 Å². The van der Waals surface area contributed by atoms with Gasteiger partial charge >= 0.3 is 6.09 Å². The first kappa shape index (κ1) is 23.5. The van der Waals surface area contributed by atoms with E-state index in [-0.39, 0.29) is 24.8 Å². The molecule has 35 heavy (non-hydrogen) atoms. The van der Waals surface area contributed by atoms with Crippen molar-refractivity contribution in [3.05, 3.63) is 30.5 Å². The van der Waals surface area contributed by atoms with E-state index in [1.54, 1.807) is 24.3 Å². The van der Waals surface area contributed by atoms with Gasteiger partial charge in [-0.25, -0.2) is 19.4 Å². The number of morpholine rings is 1. The molecule has 2 fully saturated rings. The second kappa shape index (κ2) is 9.40. The van der Waals surface area contributed by atoms with Gasteiger partial charge in [0.05, 0.1) is 43.0 Å². The number of carboxylic acid groups (broad SMARTS) is 1. The maximum Gasteiger partial charge on any atom is 0.411 e. The smallest absolute Gasteiger partial charge is 0.411 e. The molecule has 3 atom stereocenters. The summed E-state index contributed by atoms with van der Waals surface area (Å²) in [6.45, 7) is 4.90. The Morgan fingerprint density at radius 3 is 2.46 bits per heavy atom. The Bertz CT molecular complexity index is 1200. The highest BCUT2D eigenvalue weighted by atomic mass is 16.5. The molecule has 3 N–H and O–H groups in total. The monoisotopic (exact) mass is 482 g/mol. The zero-order chi connectivity index (χ0) is 24.7. The van der Waals surface area contributed by atoms with Crippen LogP contribution in [0.3, 0.4) is 0 Å². The van der Waals surface area contributed by atoms with Crippen molar-refractivity contribution in [1.29, 1.82) is 0 Å². The third-order valence-electron chi connectivity index (χ3n) is 6.54. The van der Waals surface area contributed by atoms with E-state index in [1.807, 2.05) is 10.9 Å². The van der Waals surface area contributed by atoms with Crippen LogP contribution in [0.2, 0.25) is 0 Å². The molecule has 2 aliphatic rings. The summed E-state index contributed by atoms with van der Waals surface area (Å²) in [5.41, 5.74) is 1.87. The second-order valence-corrected chi connectivity index (χ2v) is 9.43. The Morgan fingerprint density at radius 2 is 1.86 bits per heavy atom. The number of rotatable bonds is 7. The standard InChI is InChI=1S/C24H30N6O5/c1-14(2)30-23-20(9-25-30)22(28-11-18-7-8-19(12-28)35-18)26-21(27-23)15-3-5-16(6-4-15)29(24(33)34)10-17(32)13-31/h3-6,9,14,17-19,31-32H,7-8,10-13H2,1-2H3,(H,33,34). The molecule has 11 heteroatoms. The lowest BCUT2D eigenvalue weighted by molar-refractivity contribution is 0.0303. The molecule has 186 valence electrons. The second-order valence-electron chi connectivity index (χ2n) is 9.43. The van der Waals surface area contributed by atoms with Crippen molar-refractivity contribution in [3.63, 3.8) is 0 Å². The maximum atomic E-state index is 11.7. The highest BCUT2D eigenvalue weighted by Crippen LogP contribution is 2.34. The van der Waals surface area contributed by atoms with E-state index in [9.17, 15) is 15.0 Å². The molecule has 0 saturated carbocycles. The molecule has 2 saturated heterocycles. The van der Waals surface area contributed by atoms with Crippen molar-refractivity contribution in [2.45, 2.75) is 51.0 Å².